The topological polar surface area (TPSA) is 113 Å². The molecule has 1 heterocycles. The third kappa shape index (κ3) is 4.69. The second-order valence-corrected chi connectivity index (χ2v) is 4.40. The van der Waals surface area contributed by atoms with E-state index >= 15 is 0 Å². The molecular formula is C11H20N2O5. The van der Waals surface area contributed by atoms with Crippen molar-refractivity contribution in [1.82, 2.24) is 4.90 Å². The first-order valence-electron chi connectivity index (χ1n) is 5.97. The van der Waals surface area contributed by atoms with Crippen molar-refractivity contribution in [3.8, 4) is 0 Å². The normalized spacial score (nSPS) is 22.1. The van der Waals surface area contributed by atoms with Crippen LogP contribution in [0, 0.1) is 0 Å². The molecule has 0 aliphatic carbocycles. The molecule has 3 atom stereocenters. The maximum atomic E-state index is 11.0. The van der Waals surface area contributed by atoms with Gasteiger partial charge in [-0.2, -0.15) is 0 Å². The zero-order valence-electron chi connectivity index (χ0n) is 10.2. The Bertz CT molecular complexity index is 281. The molecule has 1 fully saturated rings. The number of ether oxygens (including phenoxy) is 1. The Morgan fingerprint density at radius 2 is 1.94 bits per heavy atom. The zero-order chi connectivity index (χ0) is 13.5. The first kappa shape index (κ1) is 15.0. The molecule has 0 aromatic heterocycles. The van der Waals surface area contributed by atoms with Crippen molar-refractivity contribution in [3.05, 3.63) is 0 Å². The summed E-state index contributed by atoms with van der Waals surface area (Å²) in [5.74, 6) is -0.872. The van der Waals surface area contributed by atoms with Crippen molar-refractivity contribution >= 4 is 12.2 Å². The van der Waals surface area contributed by atoms with Gasteiger partial charge >= 0.3 is 0 Å². The lowest BCUT2D eigenvalue weighted by Crippen LogP contribution is -2.46. The van der Waals surface area contributed by atoms with Crippen LogP contribution >= 0.6 is 0 Å². The van der Waals surface area contributed by atoms with Crippen LogP contribution in [0.25, 0.3) is 0 Å². The molecular weight excluding hydrogens is 240 g/mol. The lowest BCUT2D eigenvalue weighted by molar-refractivity contribution is -0.127. The number of hydrogen-bond donors (Lipinski definition) is 3. The lowest BCUT2D eigenvalue weighted by Gasteiger charge is -2.32. The van der Waals surface area contributed by atoms with Gasteiger partial charge in [0, 0.05) is 19.5 Å². The number of amides is 1. The summed E-state index contributed by atoms with van der Waals surface area (Å²) in [6.45, 7) is 2.39. The van der Waals surface area contributed by atoms with Gasteiger partial charge in [0.2, 0.25) is 5.91 Å². The summed E-state index contributed by atoms with van der Waals surface area (Å²) in [6, 6.07) is -0.427. The average molecular weight is 260 g/mol. The molecule has 4 N–H and O–H groups in total. The van der Waals surface area contributed by atoms with Gasteiger partial charge in [0.15, 0.2) is 0 Å². The monoisotopic (exact) mass is 260 g/mol. The summed E-state index contributed by atoms with van der Waals surface area (Å²) in [7, 11) is 0. The van der Waals surface area contributed by atoms with E-state index in [2.05, 4.69) is 0 Å². The lowest BCUT2D eigenvalue weighted by atomic mass is 10.0. The van der Waals surface area contributed by atoms with E-state index in [0.717, 1.165) is 6.29 Å². The van der Waals surface area contributed by atoms with Gasteiger partial charge in [-0.1, -0.05) is 0 Å². The van der Waals surface area contributed by atoms with Gasteiger partial charge in [-0.05, 0) is 6.42 Å². The molecule has 7 nitrogen and oxygen atoms in total. The molecule has 104 valence electrons. The SMILES string of the molecule is NC(=O)[C@@H](O)C[C@H](O)CC(C=O)N1CCOCC1. The minimum Gasteiger partial charge on any atom is -0.393 e. The van der Waals surface area contributed by atoms with Crippen LogP contribution < -0.4 is 5.73 Å². The highest BCUT2D eigenvalue weighted by Crippen LogP contribution is 2.11. The smallest absolute Gasteiger partial charge is 0.246 e. The Balaban J connectivity index is 2.41. The quantitative estimate of drug-likeness (QED) is 0.451. The standard InChI is InChI=1S/C11H20N2O5/c12-11(17)10(16)6-9(15)5-8(7-14)13-1-3-18-4-2-13/h7-10,15-16H,1-6H2,(H2,12,17)/t8?,9-,10+/m1/s1. The van der Waals surface area contributed by atoms with Crippen LogP contribution in [-0.4, -0.2) is 71.9 Å². The fourth-order valence-electron chi connectivity index (χ4n) is 1.95. The maximum Gasteiger partial charge on any atom is 0.246 e. The first-order chi connectivity index (χ1) is 8.54. The number of carbonyl (C=O) groups is 2. The highest BCUT2D eigenvalue weighted by Gasteiger charge is 2.25. The summed E-state index contributed by atoms with van der Waals surface area (Å²) < 4.78 is 5.17. The number of carbonyl (C=O) groups excluding carboxylic acids is 2. The van der Waals surface area contributed by atoms with E-state index in [0.29, 0.717) is 26.3 Å². The van der Waals surface area contributed by atoms with Crippen LogP contribution in [0.3, 0.4) is 0 Å². The molecule has 0 saturated carbocycles. The molecule has 1 aliphatic heterocycles. The predicted octanol–water partition coefficient (Wildman–Crippen LogP) is -2.13. The number of morpholine rings is 1. The van der Waals surface area contributed by atoms with Crippen LogP contribution in [-0.2, 0) is 14.3 Å². The van der Waals surface area contributed by atoms with Crippen LogP contribution in [0.15, 0.2) is 0 Å². The Hall–Kier alpha value is -1.02. The van der Waals surface area contributed by atoms with Crippen LogP contribution in [0.5, 0.6) is 0 Å². The number of aliphatic hydroxyl groups excluding tert-OH is 2. The van der Waals surface area contributed by atoms with Crippen LogP contribution in [0.2, 0.25) is 0 Å². The first-order valence-corrected chi connectivity index (χ1v) is 5.97. The van der Waals surface area contributed by atoms with Crippen molar-refractivity contribution < 1.29 is 24.5 Å². The van der Waals surface area contributed by atoms with Gasteiger partial charge in [-0.25, -0.2) is 0 Å². The molecule has 7 heteroatoms. The largest absolute Gasteiger partial charge is 0.393 e. The average Bonchev–Trinajstić information content (AvgIpc) is 2.36. The molecule has 1 aliphatic rings. The van der Waals surface area contributed by atoms with Gasteiger partial charge in [-0.3, -0.25) is 9.69 Å². The molecule has 0 radical (unpaired) electrons. The summed E-state index contributed by atoms with van der Waals surface area (Å²) in [4.78, 5) is 23.6. The number of nitrogens with zero attached hydrogens (tertiary/aromatic N) is 1. The minimum absolute atomic E-state index is 0.149. The Kier molecular flexibility index (Phi) is 6.20. The van der Waals surface area contributed by atoms with Crippen molar-refractivity contribution in [1.29, 1.82) is 0 Å². The van der Waals surface area contributed by atoms with Crippen LogP contribution in [0.4, 0.5) is 0 Å². The van der Waals surface area contributed by atoms with Crippen molar-refractivity contribution in [3.63, 3.8) is 0 Å². The maximum absolute atomic E-state index is 11.0. The third-order valence-electron chi connectivity index (χ3n) is 3.01. The van der Waals surface area contributed by atoms with Crippen molar-refractivity contribution in [2.75, 3.05) is 26.3 Å². The summed E-state index contributed by atoms with van der Waals surface area (Å²) in [5.41, 5.74) is 4.89. The minimum atomic E-state index is -1.38. The number of rotatable bonds is 7. The summed E-state index contributed by atoms with van der Waals surface area (Å²) in [5, 5.41) is 19.0. The van der Waals surface area contributed by atoms with E-state index in [1.165, 1.54) is 0 Å². The molecule has 0 bridgehead atoms. The Morgan fingerprint density at radius 3 is 2.44 bits per heavy atom. The highest BCUT2D eigenvalue weighted by atomic mass is 16.5. The molecule has 1 saturated heterocycles. The second kappa shape index (κ2) is 7.42. The molecule has 0 spiro atoms. The second-order valence-electron chi connectivity index (χ2n) is 4.40. The van der Waals surface area contributed by atoms with E-state index < -0.39 is 24.2 Å². The zero-order valence-corrected chi connectivity index (χ0v) is 10.2. The molecule has 1 amide bonds. The number of primary amides is 1. The fourth-order valence-corrected chi connectivity index (χ4v) is 1.95. The molecule has 0 aromatic carbocycles. The number of aliphatic hydroxyl groups is 2. The fraction of sp³-hybridized carbons (Fsp3) is 0.818. The van der Waals surface area contributed by atoms with E-state index in [1.807, 2.05) is 4.90 Å². The van der Waals surface area contributed by atoms with E-state index in [1.54, 1.807) is 0 Å². The molecule has 18 heavy (non-hydrogen) atoms. The van der Waals surface area contributed by atoms with E-state index in [-0.39, 0.29) is 12.8 Å². The molecule has 1 rings (SSSR count). The van der Waals surface area contributed by atoms with Gasteiger partial charge in [0.25, 0.3) is 0 Å². The van der Waals surface area contributed by atoms with Crippen LogP contribution in [0.1, 0.15) is 12.8 Å². The van der Waals surface area contributed by atoms with Crippen molar-refractivity contribution in [2.24, 2.45) is 5.73 Å². The summed E-state index contributed by atoms with van der Waals surface area (Å²) >= 11 is 0. The van der Waals surface area contributed by atoms with Gasteiger partial charge < -0.3 is 25.5 Å². The van der Waals surface area contributed by atoms with E-state index in [4.69, 9.17) is 10.5 Å². The van der Waals surface area contributed by atoms with E-state index in [9.17, 15) is 19.8 Å². The summed E-state index contributed by atoms with van der Waals surface area (Å²) in [6.07, 6.45) is -1.52. The number of hydrogen-bond acceptors (Lipinski definition) is 6. The Labute approximate surface area is 106 Å². The number of aldehydes is 1. The predicted molar refractivity (Wildman–Crippen MR) is 62.7 cm³/mol. The molecule has 1 unspecified atom stereocenters. The third-order valence-corrected chi connectivity index (χ3v) is 3.01. The Morgan fingerprint density at radius 1 is 1.33 bits per heavy atom. The van der Waals surface area contributed by atoms with Gasteiger partial charge in [0.1, 0.15) is 12.4 Å². The highest BCUT2D eigenvalue weighted by molar-refractivity contribution is 5.78. The van der Waals surface area contributed by atoms with Gasteiger partial charge in [-0.15, -0.1) is 0 Å². The number of nitrogens with two attached hydrogens (primary N) is 1. The molecule has 0 aromatic rings. The van der Waals surface area contributed by atoms with Gasteiger partial charge in [0.05, 0.1) is 25.4 Å². The van der Waals surface area contributed by atoms with Crippen molar-refractivity contribution in [2.45, 2.75) is 31.1 Å².